The molecule has 0 bridgehead atoms. The first-order valence-electron chi connectivity index (χ1n) is 6.34. The molecule has 1 heterocycles. The maximum absolute atomic E-state index is 11.4. The van der Waals surface area contributed by atoms with Gasteiger partial charge in [-0.2, -0.15) is 0 Å². The maximum Gasteiger partial charge on any atom is 0.221 e. The molecule has 0 saturated carbocycles. The van der Waals surface area contributed by atoms with Crippen molar-refractivity contribution in [3.05, 3.63) is 0 Å². The number of nitrogens with zero attached hydrogens (tertiary/aromatic N) is 1. The average molecular weight is 247 g/mol. The van der Waals surface area contributed by atoms with Crippen LogP contribution < -0.4 is 5.32 Å². The van der Waals surface area contributed by atoms with Gasteiger partial charge < -0.3 is 10.2 Å². The highest BCUT2D eigenvalue weighted by Crippen LogP contribution is 2.11. The Morgan fingerprint density at radius 1 is 1.44 bits per heavy atom. The summed E-state index contributed by atoms with van der Waals surface area (Å²) in [5.41, 5.74) is 0. The minimum atomic E-state index is 0.0991. The summed E-state index contributed by atoms with van der Waals surface area (Å²) in [6.45, 7) is 5.66. The molecule has 94 valence electrons. The molecule has 0 aromatic carbocycles. The van der Waals surface area contributed by atoms with Gasteiger partial charge in [0.25, 0.3) is 0 Å². The van der Waals surface area contributed by atoms with Crippen molar-refractivity contribution in [1.29, 1.82) is 0 Å². The monoisotopic (exact) mass is 246 g/mol. The first kappa shape index (κ1) is 13.8. The Morgan fingerprint density at radius 2 is 2.12 bits per heavy atom. The lowest BCUT2D eigenvalue weighted by Crippen LogP contribution is -2.44. The molecule has 1 aliphatic rings. The zero-order valence-corrected chi connectivity index (χ0v) is 10.9. The number of amides is 1. The molecule has 0 spiro atoms. The Balaban J connectivity index is 2.14. The molecule has 0 aromatic heterocycles. The van der Waals surface area contributed by atoms with Crippen LogP contribution in [-0.4, -0.2) is 42.4 Å². The molecule has 16 heavy (non-hydrogen) atoms. The van der Waals surface area contributed by atoms with Crippen molar-refractivity contribution in [2.45, 2.75) is 45.1 Å². The molecule has 0 unspecified atom stereocenters. The SMILES string of the molecule is CCCCN1CCC(NC(=O)CCCl)CC1. The molecule has 0 aromatic rings. The number of likely N-dealkylation sites (tertiary alicyclic amines) is 1. The van der Waals surface area contributed by atoms with E-state index in [0.717, 1.165) is 25.9 Å². The van der Waals surface area contributed by atoms with Crippen molar-refractivity contribution in [3.63, 3.8) is 0 Å². The highest BCUT2D eigenvalue weighted by atomic mass is 35.5. The summed E-state index contributed by atoms with van der Waals surface area (Å²) >= 11 is 5.53. The first-order chi connectivity index (χ1) is 7.76. The van der Waals surface area contributed by atoms with Crippen LogP contribution in [0.25, 0.3) is 0 Å². The smallest absolute Gasteiger partial charge is 0.221 e. The highest BCUT2D eigenvalue weighted by Gasteiger charge is 2.19. The zero-order valence-electron chi connectivity index (χ0n) is 10.2. The molecule has 4 heteroatoms. The molecule has 0 aliphatic carbocycles. The molecule has 1 N–H and O–H groups in total. The molecule has 1 aliphatic heterocycles. The summed E-state index contributed by atoms with van der Waals surface area (Å²) in [6.07, 6.45) is 5.14. The summed E-state index contributed by atoms with van der Waals surface area (Å²) in [5.74, 6) is 0.517. The van der Waals surface area contributed by atoms with Crippen LogP contribution in [-0.2, 0) is 4.79 Å². The summed E-state index contributed by atoms with van der Waals surface area (Å²) in [4.78, 5) is 13.8. The van der Waals surface area contributed by atoms with Gasteiger partial charge in [-0.05, 0) is 25.8 Å². The quantitative estimate of drug-likeness (QED) is 0.727. The van der Waals surface area contributed by atoms with Gasteiger partial charge in [0.1, 0.15) is 0 Å². The van der Waals surface area contributed by atoms with Crippen molar-refractivity contribution < 1.29 is 4.79 Å². The molecule has 0 radical (unpaired) electrons. The number of carbonyl (C=O) groups excluding carboxylic acids is 1. The second kappa shape index (κ2) is 7.91. The Kier molecular flexibility index (Phi) is 6.81. The fourth-order valence-corrected chi connectivity index (χ4v) is 2.24. The predicted octanol–water partition coefficient (Wildman–Crippen LogP) is 2.00. The van der Waals surface area contributed by atoms with Gasteiger partial charge in [0, 0.05) is 31.4 Å². The Bertz CT molecular complexity index is 203. The topological polar surface area (TPSA) is 32.3 Å². The molecular weight excluding hydrogens is 224 g/mol. The summed E-state index contributed by atoms with van der Waals surface area (Å²) < 4.78 is 0. The first-order valence-corrected chi connectivity index (χ1v) is 6.87. The third kappa shape index (κ3) is 5.17. The number of carbonyl (C=O) groups is 1. The molecule has 1 saturated heterocycles. The largest absolute Gasteiger partial charge is 0.353 e. The van der Waals surface area contributed by atoms with Crippen LogP contribution in [0.15, 0.2) is 0 Å². The van der Waals surface area contributed by atoms with Crippen LogP contribution in [0.2, 0.25) is 0 Å². The normalized spacial score (nSPS) is 18.6. The molecule has 1 fully saturated rings. The van der Waals surface area contributed by atoms with E-state index in [1.807, 2.05) is 0 Å². The molecular formula is C12H23ClN2O. The minimum absolute atomic E-state index is 0.0991. The second-order valence-corrected chi connectivity index (χ2v) is 4.85. The van der Waals surface area contributed by atoms with E-state index in [-0.39, 0.29) is 5.91 Å². The number of unbranched alkanes of at least 4 members (excludes halogenated alkanes) is 1. The Hall–Kier alpha value is -0.280. The van der Waals surface area contributed by atoms with E-state index >= 15 is 0 Å². The number of nitrogens with one attached hydrogen (secondary N) is 1. The summed E-state index contributed by atoms with van der Waals surface area (Å²) in [5, 5.41) is 3.05. The van der Waals surface area contributed by atoms with E-state index in [2.05, 4.69) is 17.1 Å². The standard InChI is InChI=1S/C12H23ClN2O/c1-2-3-8-15-9-5-11(6-10-15)14-12(16)4-7-13/h11H,2-10H2,1H3,(H,14,16). The maximum atomic E-state index is 11.4. The van der Waals surface area contributed by atoms with Crippen molar-refractivity contribution in [3.8, 4) is 0 Å². The fourth-order valence-electron chi connectivity index (χ4n) is 2.07. The van der Waals surface area contributed by atoms with Gasteiger partial charge in [0.05, 0.1) is 0 Å². The van der Waals surface area contributed by atoms with Gasteiger partial charge in [0.15, 0.2) is 0 Å². The lowest BCUT2D eigenvalue weighted by molar-refractivity contribution is -0.121. The van der Waals surface area contributed by atoms with Crippen LogP contribution in [0.1, 0.15) is 39.0 Å². The van der Waals surface area contributed by atoms with Crippen LogP contribution in [0.3, 0.4) is 0 Å². The lowest BCUT2D eigenvalue weighted by Gasteiger charge is -2.32. The van der Waals surface area contributed by atoms with E-state index in [9.17, 15) is 4.79 Å². The molecule has 0 atom stereocenters. The fraction of sp³-hybridized carbons (Fsp3) is 0.917. The third-order valence-corrected chi connectivity index (χ3v) is 3.29. The van der Waals surface area contributed by atoms with Crippen molar-refractivity contribution in [2.75, 3.05) is 25.5 Å². The van der Waals surface area contributed by atoms with E-state index in [4.69, 9.17) is 11.6 Å². The molecule has 1 rings (SSSR count). The lowest BCUT2D eigenvalue weighted by atomic mass is 10.0. The summed E-state index contributed by atoms with van der Waals surface area (Å²) in [7, 11) is 0. The average Bonchev–Trinajstić information content (AvgIpc) is 2.28. The van der Waals surface area contributed by atoms with Crippen LogP contribution in [0.4, 0.5) is 0 Å². The predicted molar refractivity (Wildman–Crippen MR) is 67.8 cm³/mol. The zero-order chi connectivity index (χ0) is 11.8. The second-order valence-electron chi connectivity index (χ2n) is 4.48. The van der Waals surface area contributed by atoms with Gasteiger partial charge in [-0.25, -0.2) is 0 Å². The van der Waals surface area contributed by atoms with E-state index < -0.39 is 0 Å². The van der Waals surface area contributed by atoms with Crippen LogP contribution >= 0.6 is 11.6 Å². The van der Waals surface area contributed by atoms with Gasteiger partial charge in [-0.3, -0.25) is 4.79 Å². The number of hydrogen-bond acceptors (Lipinski definition) is 2. The Morgan fingerprint density at radius 3 is 2.69 bits per heavy atom. The van der Waals surface area contributed by atoms with Crippen LogP contribution in [0.5, 0.6) is 0 Å². The van der Waals surface area contributed by atoms with Gasteiger partial charge in [-0.1, -0.05) is 13.3 Å². The number of rotatable bonds is 6. The van der Waals surface area contributed by atoms with Gasteiger partial charge in [-0.15, -0.1) is 11.6 Å². The highest BCUT2D eigenvalue weighted by molar-refractivity contribution is 6.18. The van der Waals surface area contributed by atoms with Gasteiger partial charge >= 0.3 is 0 Å². The van der Waals surface area contributed by atoms with Crippen molar-refractivity contribution in [1.82, 2.24) is 10.2 Å². The number of alkyl halides is 1. The van der Waals surface area contributed by atoms with Crippen molar-refractivity contribution >= 4 is 17.5 Å². The van der Waals surface area contributed by atoms with E-state index in [1.165, 1.54) is 19.4 Å². The van der Waals surface area contributed by atoms with E-state index in [1.54, 1.807) is 0 Å². The molecule has 1 amide bonds. The number of hydrogen-bond donors (Lipinski definition) is 1. The molecule has 3 nitrogen and oxygen atoms in total. The van der Waals surface area contributed by atoms with Crippen molar-refractivity contribution in [2.24, 2.45) is 0 Å². The van der Waals surface area contributed by atoms with Crippen LogP contribution in [0, 0.1) is 0 Å². The third-order valence-electron chi connectivity index (χ3n) is 3.10. The Labute approximate surface area is 104 Å². The summed E-state index contributed by atoms with van der Waals surface area (Å²) in [6, 6.07) is 0.369. The van der Waals surface area contributed by atoms with Gasteiger partial charge in [0.2, 0.25) is 5.91 Å². The number of piperidine rings is 1. The number of halogens is 1. The minimum Gasteiger partial charge on any atom is -0.353 e. The van der Waals surface area contributed by atoms with E-state index in [0.29, 0.717) is 18.3 Å².